The second-order valence-electron chi connectivity index (χ2n) is 3.66. The summed E-state index contributed by atoms with van der Waals surface area (Å²) in [4.78, 5) is 2.79. The zero-order valence-corrected chi connectivity index (χ0v) is 9.61. The Kier molecular flexibility index (Phi) is 3.82. The number of rotatable bonds is 3. The standard InChI is InChI=1S/C11H17NS/c1-9(2)13-11-8-6-5-7-10(11)12(3)4/h5-9H,1-4H3/p+1. The summed E-state index contributed by atoms with van der Waals surface area (Å²) < 4.78 is 0. The van der Waals surface area contributed by atoms with Gasteiger partial charge in [-0.15, -0.1) is 11.8 Å². The quantitative estimate of drug-likeness (QED) is 0.724. The molecule has 0 heterocycles. The first kappa shape index (κ1) is 10.6. The highest BCUT2D eigenvalue weighted by Gasteiger charge is 2.09. The number of quaternary nitrogens is 1. The normalized spacial score (nSPS) is 11.2. The highest BCUT2D eigenvalue weighted by Crippen LogP contribution is 2.27. The molecule has 0 fully saturated rings. The largest absolute Gasteiger partial charge is 0.306 e. The maximum Gasteiger partial charge on any atom is 0.144 e. The topological polar surface area (TPSA) is 4.44 Å². The van der Waals surface area contributed by atoms with Crippen molar-refractivity contribution in [3.63, 3.8) is 0 Å². The van der Waals surface area contributed by atoms with Crippen LogP contribution in [0.25, 0.3) is 0 Å². The predicted octanol–water partition coefficient (Wildman–Crippen LogP) is 1.96. The molecule has 0 saturated carbocycles. The van der Waals surface area contributed by atoms with E-state index < -0.39 is 0 Å². The van der Waals surface area contributed by atoms with Gasteiger partial charge in [0.15, 0.2) is 0 Å². The van der Waals surface area contributed by atoms with E-state index in [1.165, 1.54) is 15.5 Å². The minimum atomic E-state index is 0.653. The Morgan fingerprint density at radius 2 is 1.77 bits per heavy atom. The van der Waals surface area contributed by atoms with Crippen molar-refractivity contribution in [3.05, 3.63) is 24.3 Å². The van der Waals surface area contributed by atoms with Crippen molar-refractivity contribution in [1.29, 1.82) is 0 Å². The number of nitrogens with one attached hydrogen (secondary N) is 1. The minimum Gasteiger partial charge on any atom is -0.306 e. The van der Waals surface area contributed by atoms with Gasteiger partial charge in [0.05, 0.1) is 19.0 Å². The van der Waals surface area contributed by atoms with Crippen LogP contribution in [0.2, 0.25) is 0 Å². The van der Waals surface area contributed by atoms with E-state index in [9.17, 15) is 0 Å². The Morgan fingerprint density at radius 3 is 2.31 bits per heavy atom. The Hall–Kier alpha value is -0.470. The van der Waals surface area contributed by atoms with Crippen LogP contribution in [-0.4, -0.2) is 19.3 Å². The molecule has 0 bridgehead atoms. The fourth-order valence-corrected chi connectivity index (χ4v) is 2.30. The third kappa shape index (κ3) is 3.05. The minimum absolute atomic E-state index is 0.653. The molecular formula is C11H18NS+. The van der Waals surface area contributed by atoms with Gasteiger partial charge >= 0.3 is 0 Å². The lowest BCUT2D eigenvalue weighted by Crippen LogP contribution is -3.00. The summed E-state index contributed by atoms with van der Waals surface area (Å²) in [6.45, 7) is 4.46. The van der Waals surface area contributed by atoms with Gasteiger partial charge in [-0.05, 0) is 6.07 Å². The summed E-state index contributed by atoms with van der Waals surface area (Å²) in [6, 6.07) is 8.61. The molecule has 0 aromatic heterocycles. The van der Waals surface area contributed by atoms with E-state index in [2.05, 4.69) is 52.2 Å². The summed E-state index contributed by atoms with van der Waals surface area (Å²) in [6.07, 6.45) is 0. The molecule has 1 N–H and O–H groups in total. The van der Waals surface area contributed by atoms with Crippen LogP contribution < -0.4 is 4.90 Å². The van der Waals surface area contributed by atoms with E-state index in [1.807, 2.05) is 11.8 Å². The zero-order chi connectivity index (χ0) is 9.84. The molecule has 1 rings (SSSR count). The highest BCUT2D eigenvalue weighted by atomic mass is 32.2. The van der Waals surface area contributed by atoms with Crippen LogP contribution in [0.15, 0.2) is 29.2 Å². The lowest BCUT2D eigenvalue weighted by Gasteiger charge is -2.12. The molecule has 0 unspecified atom stereocenters. The summed E-state index contributed by atoms with van der Waals surface area (Å²) in [7, 11) is 4.33. The summed E-state index contributed by atoms with van der Waals surface area (Å²) in [5, 5.41) is 0.653. The van der Waals surface area contributed by atoms with Crippen LogP contribution in [0, 0.1) is 0 Å². The Labute approximate surface area is 85.1 Å². The van der Waals surface area contributed by atoms with Gasteiger partial charge in [-0.2, -0.15) is 0 Å². The summed E-state index contributed by atoms with van der Waals surface area (Å²) in [5.74, 6) is 0. The van der Waals surface area contributed by atoms with Gasteiger partial charge < -0.3 is 4.90 Å². The monoisotopic (exact) mass is 196 g/mol. The smallest absolute Gasteiger partial charge is 0.144 e. The van der Waals surface area contributed by atoms with Crippen LogP contribution in [0.1, 0.15) is 13.8 Å². The van der Waals surface area contributed by atoms with Gasteiger partial charge in [-0.3, -0.25) is 0 Å². The van der Waals surface area contributed by atoms with E-state index in [-0.39, 0.29) is 0 Å². The average Bonchev–Trinajstić information content (AvgIpc) is 2.03. The maximum absolute atomic E-state index is 2.23. The molecular weight excluding hydrogens is 178 g/mol. The highest BCUT2D eigenvalue weighted by molar-refractivity contribution is 8.00. The number of hydrogen-bond donors (Lipinski definition) is 1. The second kappa shape index (κ2) is 4.68. The van der Waals surface area contributed by atoms with Crippen LogP contribution in [-0.2, 0) is 0 Å². The van der Waals surface area contributed by atoms with Crippen molar-refractivity contribution >= 4 is 17.4 Å². The molecule has 0 spiro atoms. The van der Waals surface area contributed by atoms with Crippen molar-refractivity contribution in [3.8, 4) is 0 Å². The fourth-order valence-electron chi connectivity index (χ4n) is 1.24. The van der Waals surface area contributed by atoms with E-state index in [0.717, 1.165) is 0 Å². The number of hydrogen-bond acceptors (Lipinski definition) is 1. The van der Waals surface area contributed by atoms with Crippen LogP contribution in [0.5, 0.6) is 0 Å². The molecule has 1 nitrogen and oxygen atoms in total. The molecule has 72 valence electrons. The van der Waals surface area contributed by atoms with Gasteiger partial charge in [0, 0.05) is 11.3 Å². The zero-order valence-electron chi connectivity index (χ0n) is 8.79. The lowest BCUT2D eigenvalue weighted by molar-refractivity contribution is -0.788. The number of para-hydroxylation sites is 1. The second-order valence-corrected chi connectivity index (χ2v) is 5.28. The Balaban J connectivity index is 2.91. The molecule has 13 heavy (non-hydrogen) atoms. The van der Waals surface area contributed by atoms with Gasteiger partial charge in [-0.1, -0.05) is 26.0 Å². The van der Waals surface area contributed by atoms with Gasteiger partial charge in [0.1, 0.15) is 5.69 Å². The molecule has 0 radical (unpaired) electrons. The molecule has 0 aliphatic rings. The summed E-state index contributed by atoms with van der Waals surface area (Å²) in [5.41, 5.74) is 1.39. The molecule has 0 aliphatic heterocycles. The Bertz CT molecular complexity index is 269. The van der Waals surface area contributed by atoms with Gasteiger partial charge in [0.25, 0.3) is 0 Å². The molecule has 0 amide bonds. The first-order chi connectivity index (χ1) is 6.11. The van der Waals surface area contributed by atoms with Crippen molar-refractivity contribution < 1.29 is 4.90 Å². The van der Waals surface area contributed by atoms with Crippen molar-refractivity contribution in [2.75, 3.05) is 14.1 Å². The third-order valence-corrected chi connectivity index (χ3v) is 2.87. The van der Waals surface area contributed by atoms with Crippen LogP contribution in [0.3, 0.4) is 0 Å². The molecule has 1 aromatic carbocycles. The van der Waals surface area contributed by atoms with E-state index in [4.69, 9.17) is 0 Å². The van der Waals surface area contributed by atoms with Gasteiger partial charge in [-0.25, -0.2) is 0 Å². The number of benzene rings is 1. The van der Waals surface area contributed by atoms with E-state index >= 15 is 0 Å². The van der Waals surface area contributed by atoms with Crippen LogP contribution in [0.4, 0.5) is 5.69 Å². The summed E-state index contributed by atoms with van der Waals surface area (Å²) >= 11 is 1.93. The van der Waals surface area contributed by atoms with Crippen LogP contribution >= 0.6 is 11.8 Å². The molecule has 0 saturated heterocycles. The predicted molar refractivity (Wildman–Crippen MR) is 59.9 cm³/mol. The van der Waals surface area contributed by atoms with Crippen molar-refractivity contribution in [1.82, 2.24) is 0 Å². The number of thioether (sulfide) groups is 1. The van der Waals surface area contributed by atoms with Gasteiger partial charge in [0.2, 0.25) is 0 Å². The first-order valence-corrected chi connectivity index (χ1v) is 5.55. The van der Waals surface area contributed by atoms with E-state index in [1.54, 1.807) is 0 Å². The maximum atomic E-state index is 2.23. The fraction of sp³-hybridized carbons (Fsp3) is 0.455. The van der Waals surface area contributed by atoms with Crippen molar-refractivity contribution in [2.24, 2.45) is 0 Å². The average molecular weight is 196 g/mol. The molecule has 0 atom stereocenters. The Morgan fingerprint density at radius 1 is 1.15 bits per heavy atom. The van der Waals surface area contributed by atoms with Crippen molar-refractivity contribution in [2.45, 2.75) is 24.0 Å². The SMILES string of the molecule is CC(C)Sc1ccccc1[NH+](C)C. The van der Waals surface area contributed by atoms with E-state index in [0.29, 0.717) is 5.25 Å². The lowest BCUT2D eigenvalue weighted by atomic mass is 10.3. The molecule has 0 aliphatic carbocycles. The third-order valence-electron chi connectivity index (χ3n) is 1.79. The molecule has 2 heteroatoms. The molecule has 1 aromatic rings. The first-order valence-electron chi connectivity index (χ1n) is 4.67.